The molecule has 0 aromatic rings. The molecule has 0 aromatic carbocycles. The molecule has 5 N–H and O–H groups in total. The first-order valence-corrected chi connectivity index (χ1v) is 0.775. The van der Waals surface area contributed by atoms with Gasteiger partial charge < -0.3 is 20.5 Å². The zero-order chi connectivity index (χ0) is 3.58. The van der Waals surface area contributed by atoms with Crippen LogP contribution in [0.1, 0.15) is 0 Å². The van der Waals surface area contributed by atoms with E-state index in [0.29, 0.717) is 0 Å². The van der Waals surface area contributed by atoms with Gasteiger partial charge in [0.1, 0.15) is 0 Å². The maximum atomic E-state index is 7.17. The van der Waals surface area contributed by atoms with E-state index in [1.165, 1.54) is 0 Å². The second-order valence-electron chi connectivity index (χ2n) is 0.346. The van der Waals surface area contributed by atoms with E-state index in [2.05, 4.69) is 0 Å². The van der Waals surface area contributed by atoms with Gasteiger partial charge >= 0.3 is 68.1 Å². The monoisotopic (exact) mass is 203 g/mol. The topological polar surface area (TPSA) is 92.2 Å². The Morgan fingerprint density at radius 1 is 1.00 bits per heavy atom. The summed E-state index contributed by atoms with van der Waals surface area (Å²) < 4.78 is 0. The van der Waals surface area contributed by atoms with Gasteiger partial charge in [0.15, 0.2) is 0 Å². The SMILES string of the molecule is O.OB(O)O.[CaH2].[MgH2].[Mn]. The van der Waals surface area contributed by atoms with E-state index < -0.39 is 7.32 Å². The maximum absolute atomic E-state index is 7.17. The van der Waals surface area contributed by atoms with E-state index >= 15 is 0 Å². The zero-order valence-electron chi connectivity index (χ0n) is 2.80. The molecule has 0 saturated carbocycles. The molecule has 1 radical (unpaired) electrons. The Bertz CT molecular complexity index is 20.8. The summed E-state index contributed by atoms with van der Waals surface area (Å²) in [5.41, 5.74) is 0. The van der Waals surface area contributed by atoms with Crippen molar-refractivity contribution in [1.82, 2.24) is 0 Å². The molecule has 0 aliphatic carbocycles. The molecule has 0 spiro atoms. The summed E-state index contributed by atoms with van der Waals surface area (Å²) in [6.45, 7) is 0. The Kier molecular flexibility index (Phi) is 89.2. The van der Waals surface area contributed by atoms with Gasteiger partial charge in [-0.15, -0.1) is 0 Å². The Labute approximate surface area is 104 Å². The molecule has 0 unspecified atom stereocenters. The van der Waals surface area contributed by atoms with Crippen LogP contribution < -0.4 is 0 Å². The van der Waals surface area contributed by atoms with Crippen molar-refractivity contribution in [1.29, 1.82) is 0 Å². The van der Waals surface area contributed by atoms with Crippen LogP contribution in [0.15, 0.2) is 0 Å². The number of rotatable bonds is 0. The van der Waals surface area contributed by atoms with Crippen molar-refractivity contribution in [3.63, 3.8) is 0 Å². The van der Waals surface area contributed by atoms with Gasteiger partial charge in [-0.1, -0.05) is 0 Å². The van der Waals surface area contributed by atoms with Gasteiger partial charge in [0.05, 0.1) is 0 Å². The van der Waals surface area contributed by atoms with Crippen molar-refractivity contribution in [2.75, 3.05) is 0 Å². The Morgan fingerprint density at radius 2 is 1.00 bits per heavy atom. The van der Waals surface area contributed by atoms with E-state index in [1.807, 2.05) is 0 Å². The van der Waals surface area contributed by atoms with E-state index in [-0.39, 0.29) is 83.3 Å². The van der Waals surface area contributed by atoms with Crippen LogP contribution in [0, 0.1) is 0 Å². The second kappa shape index (κ2) is 22.7. The summed E-state index contributed by atoms with van der Waals surface area (Å²) in [4.78, 5) is 0. The Balaban J connectivity index is -0.00000000750. The Morgan fingerprint density at radius 3 is 1.00 bits per heavy atom. The molecule has 0 aliphatic heterocycles. The molecule has 0 saturated heterocycles. The molecule has 0 rings (SSSR count). The smallest absolute Gasteiger partial charge is 0 e. The van der Waals surface area contributed by atoms with E-state index in [0.717, 1.165) is 0 Å². The molecule has 0 bridgehead atoms. The average molecular weight is 203 g/mol. The van der Waals surface area contributed by atoms with Gasteiger partial charge in [0.2, 0.25) is 0 Å². The van der Waals surface area contributed by atoms with Gasteiger partial charge in [-0.25, -0.2) is 0 Å². The summed E-state index contributed by atoms with van der Waals surface area (Å²) >= 11 is 0. The summed E-state index contributed by atoms with van der Waals surface area (Å²) in [7, 11) is -2.17. The van der Waals surface area contributed by atoms with Crippen LogP contribution in [0.2, 0.25) is 0 Å². The minimum atomic E-state index is -2.17. The fourth-order valence-corrected chi connectivity index (χ4v) is 0. The van der Waals surface area contributed by atoms with E-state index in [4.69, 9.17) is 15.1 Å². The summed E-state index contributed by atoms with van der Waals surface area (Å²) in [6.07, 6.45) is 0. The second-order valence-corrected chi connectivity index (χ2v) is 0.346. The normalized spacial score (nSPS) is 3.38. The summed E-state index contributed by atoms with van der Waals surface area (Å²) in [5.74, 6) is 0. The third-order valence-electron chi connectivity index (χ3n) is 0. The minimum absolute atomic E-state index is 0. The van der Waals surface area contributed by atoms with Gasteiger partial charge in [0.25, 0.3) is 0 Å². The van der Waals surface area contributed by atoms with Gasteiger partial charge in [-0.05, 0) is 0 Å². The molecule has 8 heteroatoms. The first-order chi connectivity index (χ1) is 1.73. The predicted octanol–water partition coefficient (Wildman–Crippen LogP) is -4.71. The van der Waals surface area contributed by atoms with E-state index in [9.17, 15) is 0 Å². The Hall–Kier alpha value is 2.45. The van der Waals surface area contributed by atoms with Crippen LogP contribution in [-0.4, -0.2) is 88.7 Å². The molecule has 4 nitrogen and oxygen atoms in total. The first kappa shape index (κ1) is 31.4. The summed E-state index contributed by atoms with van der Waals surface area (Å²) in [6, 6.07) is 0. The van der Waals surface area contributed by atoms with Crippen LogP contribution in [0.3, 0.4) is 0 Å². The van der Waals surface area contributed by atoms with Gasteiger partial charge in [0, 0.05) is 17.1 Å². The quantitative estimate of drug-likeness (QED) is 0.345. The van der Waals surface area contributed by atoms with Crippen molar-refractivity contribution in [3.8, 4) is 0 Å². The third kappa shape index (κ3) is 78.1. The summed E-state index contributed by atoms with van der Waals surface area (Å²) in [5, 5.41) is 21.5. The minimum Gasteiger partial charge on any atom is 0 e. The average Bonchev–Trinajstić information content (AvgIpc) is 0.811. The van der Waals surface area contributed by atoms with E-state index in [1.54, 1.807) is 0 Å². The maximum Gasteiger partial charge on any atom is 0.316 e. The molecule has 0 amide bonds. The predicted molar refractivity (Wildman–Crippen MR) is 33.1 cm³/mol. The van der Waals surface area contributed by atoms with Crippen molar-refractivity contribution >= 4 is 68.1 Å². The van der Waals surface area contributed by atoms with Crippen LogP contribution >= 0.6 is 0 Å². The van der Waals surface area contributed by atoms with Crippen LogP contribution in [0.25, 0.3) is 0 Å². The zero-order valence-corrected chi connectivity index (χ0v) is 3.98. The number of hydrogen-bond donors (Lipinski definition) is 3. The van der Waals surface area contributed by atoms with Gasteiger partial charge in [-0.2, -0.15) is 0 Å². The molecule has 0 atom stereocenters. The fourth-order valence-electron chi connectivity index (χ4n) is 0. The van der Waals surface area contributed by atoms with Crippen molar-refractivity contribution in [2.45, 2.75) is 0 Å². The van der Waals surface area contributed by atoms with Crippen LogP contribution in [0.5, 0.6) is 0 Å². The van der Waals surface area contributed by atoms with Crippen LogP contribution in [-0.2, 0) is 17.1 Å². The molecule has 0 aliphatic rings. The molecular weight excluding hydrogens is 194 g/mol. The van der Waals surface area contributed by atoms with Gasteiger partial charge in [-0.3, -0.25) is 0 Å². The largest absolute Gasteiger partial charge is 0.316 e. The van der Waals surface area contributed by atoms with Crippen molar-refractivity contribution < 1.29 is 37.6 Å². The third-order valence-corrected chi connectivity index (χ3v) is 0. The molecule has 0 fully saturated rings. The molecule has 47 valence electrons. The first-order valence-electron chi connectivity index (χ1n) is 0.775. The molecule has 8 heavy (non-hydrogen) atoms. The number of hydrogen-bond acceptors (Lipinski definition) is 3. The standard InChI is InChI=1S/BH3O3.Ca.Mg.Mn.H2O.4H/c2-1(3)4;;;;;;;;/h2-4H;;;;1H2;;;;. The van der Waals surface area contributed by atoms with Crippen LogP contribution in [0.4, 0.5) is 0 Å². The molecular formula is H9BCaMgMnO4. The fraction of sp³-hybridized carbons (Fsp3) is 0. The van der Waals surface area contributed by atoms with Crippen molar-refractivity contribution in [3.05, 3.63) is 0 Å². The molecule has 0 aromatic heterocycles. The van der Waals surface area contributed by atoms with Crippen molar-refractivity contribution in [2.24, 2.45) is 0 Å². The molecule has 0 heterocycles.